The number of benzene rings is 6. The maximum absolute atomic E-state index is 2.29. The molecule has 0 fully saturated rings. The summed E-state index contributed by atoms with van der Waals surface area (Å²) < 4.78 is 0. The van der Waals surface area contributed by atoms with Gasteiger partial charge in [0.05, 0.1) is 0 Å². The average molecular weight is 354 g/mol. The summed E-state index contributed by atoms with van der Waals surface area (Å²) in [4.78, 5) is 0. The quantitative estimate of drug-likeness (QED) is 0.168. The number of fused-ring (bicyclic) bond motifs is 2. The van der Waals surface area contributed by atoms with Gasteiger partial charge < -0.3 is 0 Å². The SMILES string of the molecule is C(=Cc1ccc2c3cccc4cccc(c5cccc1c52)c43)c1ccccc1. The van der Waals surface area contributed by atoms with Crippen LogP contribution >= 0.6 is 0 Å². The standard InChI is InChI=1S/C28H18/c1-2-7-19(8-3-1)15-16-20-17-18-26-24-13-5-10-21-9-4-12-23(27(21)24)25-14-6-11-22(20)28(25)26/h1-18H. The molecule has 0 unspecified atom stereocenters. The van der Waals surface area contributed by atoms with Crippen molar-refractivity contribution in [3.63, 3.8) is 0 Å². The van der Waals surface area contributed by atoms with E-state index >= 15 is 0 Å². The molecule has 0 spiro atoms. The molecule has 0 N–H and O–H groups in total. The zero-order valence-corrected chi connectivity index (χ0v) is 15.4. The lowest BCUT2D eigenvalue weighted by Gasteiger charge is -2.15. The van der Waals surface area contributed by atoms with Crippen LogP contribution in [0.3, 0.4) is 0 Å². The van der Waals surface area contributed by atoms with E-state index < -0.39 is 0 Å². The molecular weight excluding hydrogens is 336 g/mol. The van der Waals surface area contributed by atoms with Gasteiger partial charge in [-0.3, -0.25) is 0 Å². The second-order valence-electron chi connectivity index (χ2n) is 7.38. The molecule has 0 radical (unpaired) electrons. The average Bonchev–Trinajstić information content (AvgIpc) is 2.77. The van der Waals surface area contributed by atoms with Crippen LogP contribution < -0.4 is 0 Å². The highest BCUT2D eigenvalue weighted by Gasteiger charge is 2.13. The molecule has 0 aliphatic heterocycles. The van der Waals surface area contributed by atoms with Crippen molar-refractivity contribution < 1.29 is 0 Å². The summed E-state index contributed by atoms with van der Waals surface area (Å²) in [6.45, 7) is 0. The molecular formula is C28H18. The zero-order valence-electron chi connectivity index (χ0n) is 15.4. The van der Waals surface area contributed by atoms with Gasteiger partial charge >= 0.3 is 0 Å². The molecule has 6 aromatic rings. The van der Waals surface area contributed by atoms with Gasteiger partial charge in [0.2, 0.25) is 0 Å². The van der Waals surface area contributed by atoms with Gasteiger partial charge in [0.25, 0.3) is 0 Å². The highest BCUT2D eigenvalue weighted by molar-refractivity contribution is 6.33. The van der Waals surface area contributed by atoms with Crippen molar-refractivity contribution in [2.45, 2.75) is 0 Å². The first-order valence-corrected chi connectivity index (χ1v) is 9.71. The molecule has 130 valence electrons. The number of hydrogen-bond donors (Lipinski definition) is 0. The molecule has 0 heteroatoms. The van der Waals surface area contributed by atoms with Crippen molar-refractivity contribution in [1.82, 2.24) is 0 Å². The van der Waals surface area contributed by atoms with Crippen molar-refractivity contribution in [3.8, 4) is 0 Å². The molecule has 0 nitrogen and oxygen atoms in total. The van der Waals surface area contributed by atoms with E-state index in [1.54, 1.807) is 0 Å². The summed E-state index contributed by atoms with van der Waals surface area (Å²) in [5, 5.41) is 10.7. The van der Waals surface area contributed by atoms with Crippen LogP contribution in [0.1, 0.15) is 11.1 Å². The molecule has 0 atom stereocenters. The molecule has 0 amide bonds. The molecule has 0 aliphatic carbocycles. The molecule has 6 aromatic carbocycles. The van der Waals surface area contributed by atoms with Crippen LogP contribution in [-0.4, -0.2) is 0 Å². The van der Waals surface area contributed by atoms with Gasteiger partial charge in [0, 0.05) is 0 Å². The lowest BCUT2D eigenvalue weighted by atomic mass is 9.88. The van der Waals surface area contributed by atoms with Crippen LogP contribution in [0.15, 0.2) is 97.1 Å². The van der Waals surface area contributed by atoms with Gasteiger partial charge in [-0.1, -0.05) is 109 Å². The lowest BCUT2D eigenvalue weighted by molar-refractivity contribution is 1.66. The fourth-order valence-corrected chi connectivity index (χ4v) is 4.56. The molecule has 0 heterocycles. The van der Waals surface area contributed by atoms with E-state index in [1.807, 2.05) is 0 Å². The van der Waals surface area contributed by atoms with E-state index in [0.29, 0.717) is 0 Å². The maximum atomic E-state index is 2.29. The van der Waals surface area contributed by atoms with Gasteiger partial charge in [-0.05, 0) is 54.2 Å². The Morgan fingerprint density at radius 2 is 1.00 bits per heavy atom. The second kappa shape index (κ2) is 5.94. The maximum Gasteiger partial charge on any atom is -0.00204 e. The molecule has 0 saturated carbocycles. The highest BCUT2D eigenvalue weighted by Crippen LogP contribution is 2.41. The molecule has 0 aliphatic rings. The highest BCUT2D eigenvalue weighted by atomic mass is 14.2. The first-order valence-electron chi connectivity index (χ1n) is 9.71. The summed E-state index contributed by atoms with van der Waals surface area (Å²) in [7, 11) is 0. The third-order valence-corrected chi connectivity index (χ3v) is 5.81. The Labute approximate surface area is 163 Å². The minimum Gasteiger partial charge on any atom is -0.0622 e. The van der Waals surface area contributed by atoms with Gasteiger partial charge in [0.1, 0.15) is 0 Å². The molecule has 0 aromatic heterocycles. The summed E-state index contributed by atoms with van der Waals surface area (Å²) in [6.07, 6.45) is 4.43. The zero-order chi connectivity index (χ0) is 18.5. The monoisotopic (exact) mass is 354 g/mol. The Bertz CT molecular complexity index is 1440. The first kappa shape index (κ1) is 15.4. The lowest BCUT2D eigenvalue weighted by Crippen LogP contribution is -1.88. The number of rotatable bonds is 2. The van der Waals surface area contributed by atoms with Crippen molar-refractivity contribution >= 4 is 55.2 Å². The van der Waals surface area contributed by atoms with Gasteiger partial charge in [-0.2, -0.15) is 0 Å². The predicted molar refractivity (Wildman–Crippen MR) is 123 cm³/mol. The summed E-state index contributed by atoms with van der Waals surface area (Å²) in [6, 6.07) is 35.0. The second-order valence-corrected chi connectivity index (χ2v) is 7.38. The molecule has 6 rings (SSSR count). The fourth-order valence-electron chi connectivity index (χ4n) is 4.56. The first-order chi connectivity index (χ1) is 13.9. The normalized spacial score (nSPS) is 12.1. The number of hydrogen-bond acceptors (Lipinski definition) is 0. The molecule has 0 saturated heterocycles. The predicted octanol–water partition coefficient (Wildman–Crippen LogP) is 7.91. The smallest absolute Gasteiger partial charge is 0.00204 e. The van der Waals surface area contributed by atoms with Crippen molar-refractivity contribution in [2.75, 3.05) is 0 Å². The van der Waals surface area contributed by atoms with Crippen molar-refractivity contribution in [3.05, 3.63) is 108 Å². The van der Waals surface area contributed by atoms with Gasteiger partial charge in [0.15, 0.2) is 0 Å². The van der Waals surface area contributed by atoms with Gasteiger partial charge in [-0.25, -0.2) is 0 Å². The van der Waals surface area contributed by atoms with Crippen LogP contribution in [0.25, 0.3) is 55.2 Å². The van der Waals surface area contributed by atoms with Crippen LogP contribution in [-0.2, 0) is 0 Å². The van der Waals surface area contributed by atoms with E-state index in [4.69, 9.17) is 0 Å². The van der Waals surface area contributed by atoms with Crippen LogP contribution in [0.5, 0.6) is 0 Å². The van der Waals surface area contributed by atoms with Crippen molar-refractivity contribution in [1.29, 1.82) is 0 Å². The van der Waals surface area contributed by atoms with E-state index in [0.717, 1.165) is 0 Å². The van der Waals surface area contributed by atoms with E-state index in [2.05, 4.69) is 109 Å². The minimum atomic E-state index is 1.22. The van der Waals surface area contributed by atoms with E-state index in [-0.39, 0.29) is 0 Å². The van der Waals surface area contributed by atoms with E-state index in [9.17, 15) is 0 Å². The molecule has 28 heavy (non-hydrogen) atoms. The van der Waals surface area contributed by atoms with Crippen LogP contribution in [0, 0.1) is 0 Å². The van der Waals surface area contributed by atoms with Crippen LogP contribution in [0.2, 0.25) is 0 Å². The Morgan fingerprint density at radius 1 is 0.393 bits per heavy atom. The summed E-state index contributed by atoms with van der Waals surface area (Å²) >= 11 is 0. The fraction of sp³-hybridized carbons (Fsp3) is 0. The Hall–Kier alpha value is -3.64. The van der Waals surface area contributed by atoms with Crippen molar-refractivity contribution in [2.24, 2.45) is 0 Å². The topological polar surface area (TPSA) is 0 Å². The third kappa shape index (κ3) is 2.18. The Kier molecular flexibility index (Phi) is 3.27. The Morgan fingerprint density at radius 3 is 1.75 bits per heavy atom. The van der Waals surface area contributed by atoms with Gasteiger partial charge in [-0.15, -0.1) is 0 Å². The molecule has 0 bridgehead atoms. The summed E-state index contributed by atoms with van der Waals surface area (Å²) in [5.41, 5.74) is 2.48. The largest absolute Gasteiger partial charge is 0.0622 e. The van der Waals surface area contributed by atoms with Crippen LogP contribution in [0.4, 0.5) is 0 Å². The Balaban J connectivity index is 1.72. The minimum absolute atomic E-state index is 1.22. The van der Waals surface area contributed by atoms with E-state index in [1.165, 1.54) is 54.2 Å². The third-order valence-electron chi connectivity index (χ3n) is 5.81. The summed E-state index contributed by atoms with van der Waals surface area (Å²) in [5.74, 6) is 0.